The van der Waals surface area contributed by atoms with Crippen molar-refractivity contribution in [3.63, 3.8) is 0 Å². The fourth-order valence-corrected chi connectivity index (χ4v) is 2.69. The molecule has 0 spiro atoms. The van der Waals surface area contributed by atoms with E-state index in [9.17, 15) is 9.59 Å². The van der Waals surface area contributed by atoms with Crippen molar-refractivity contribution in [3.05, 3.63) is 22.4 Å². The number of amides is 1. The molecule has 1 aromatic rings. The second kappa shape index (κ2) is 5.97. The lowest BCUT2D eigenvalue weighted by Gasteiger charge is -2.34. The van der Waals surface area contributed by atoms with Crippen LogP contribution in [-0.4, -0.2) is 47.7 Å². The fourth-order valence-electron chi connectivity index (χ4n) is 2.02. The van der Waals surface area contributed by atoms with Gasteiger partial charge in [0.1, 0.15) is 0 Å². The highest BCUT2D eigenvalue weighted by Gasteiger charge is 2.28. The SMILES string of the molecule is O=C(O)CC1COCCN1C(=O)Cc1ccsc1. The first-order valence-corrected chi connectivity index (χ1v) is 6.71. The molecule has 18 heavy (non-hydrogen) atoms. The number of carboxylic acid groups (broad SMARTS) is 1. The first kappa shape index (κ1) is 13.0. The highest BCUT2D eigenvalue weighted by molar-refractivity contribution is 7.07. The molecule has 6 heteroatoms. The lowest BCUT2D eigenvalue weighted by atomic mass is 10.1. The van der Waals surface area contributed by atoms with Crippen LogP contribution in [0.25, 0.3) is 0 Å². The summed E-state index contributed by atoms with van der Waals surface area (Å²) >= 11 is 1.55. The number of thiophene rings is 1. The van der Waals surface area contributed by atoms with Crippen LogP contribution in [0.1, 0.15) is 12.0 Å². The Balaban J connectivity index is 1.99. The second-order valence-electron chi connectivity index (χ2n) is 4.22. The van der Waals surface area contributed by atoms with Crippen molar-refractivity contribution >= 4 is 23.2 Å². The molecule has 0 aliphatic carbocycles. The summed E-state index contributed by atoms with van der Waals surface area (Å²) in [6, 6.07) is 1.57. The van der Waals surface area contributed by atoms with Crippen LogP contribution in [0.5, 0.6) is 0 Å². The van der Waals surface area contributed by atoms with Gasteiger partial charge >= 0.3 is 5.97 Å². The highest BCUT2D eigenvalue weighted by Crippen LogP contribution is 2.14. The Morgan fingerprint density at radius 3 is 3.06 bits per heavy atom. The van der Waals surface area contributed by atoms with Gasteiger partial charge in [-0.25, -0.2) is 0 Å². The molecule has 0 saturated carbocycles. The number of rotatable bonds is 4. The molecule has 1 aliphatic rings. The van der Waals surface area contributed by atoms with E-state index in [1.807, 2.05) is 16.8 Å². The molecular formula is C12H15NO4S. The van der Waals surface area contributed by atoms with Crippen molar-refractivity contribution in [2.75, 3.05) is 19.8 Å². The zero-order chi connectivity index (χ0) is 13.0. The zero-order valence-corrected chi connectivity index (χ0v) is 10.7. The van der Waals surface area contributed by atoms with Crippen LogP contribution in [-0.2, 0) is 20.7 Å². The van der Waals surface area contributed by atoms with E-state index < -0.39 is 5.97 Å². The smallest absolute Gasteiger partial charge is 0.305 e. The Morgan fingerprint density at radius 2 is 2.39 bits per heavy atom. The van der Waals surface area contributed by atoms with Gasteiger partial charge in [0.2, 0.25) is 5.91 Å². The van der Waals surface area contributed by atoms with Gasteiger partial charge in [0.05, 0.1) is 32.1 Å². The van der Waals surface area contributed by atoms with Crippen molar-refractivity contribution in [1.29, 1.82) is 0 Å². The third-order valence-corrected chi connectivity index (χ3v) is 3.63. The minimum absolute atomic E-state index is 0.0250. The van der Waals surface area contributed by atoms with E-state index in [2.05, 4.69) is 0 Å². The lowest BCUT2D eigenvalue weighted by molar-refractivity contribution is -0.145. The maximum Gasteiger partial charge on any atom is 0.305 e. The number of ether oxygens (including phenoxy) is 1. The van der Waals surface area contributed by atoms with Gasteiger partial charge in [-0.05, 0) is 22.4 Å². The van der Waals surface area contributed by atoms with Crippen molar-refractivity contribution in [2.45, 2.75) is 18.9 Å². The van der Waals surface area contributed by atoms with Gasteiger partial charge in [-0.15, -0.1) is 0 Å². The third kappa shape index (κ3) is 3.30. The molecular weight excluding hydrogens is 254 g/mol. The van der Waals surface area contributed by atoms with Gasteiger partial charge in [-0.1, -0.05) is 0 Å². The fraction of sp³-hybridized carbons (Fsp3) is 0.500. The van der Waals surface area contributed by atoms with E-state index >= 15 is 0 Å². The Hall–Kier alpha value is -1.40. The summed E-state index contributed by atoms with van der Waals surface area (Å²) in [4.78, 5) is 24.5. The van der Waals surface area contributed by atoms with Gasteiger partial charge in [0, 0.05) is 6.54 Å². The first-order valence-electron chi connectivity index (χ1n) is 5.77. The first-order chi connectivity index (χ1) is 8.66. The molecule has 1 N–H and O–H groups in total. The third-order valence-electron chi connectivity index (χ3n) is 2.89. The van der Waals surface area contributed by atoms with Crippen molar-refractivity contribution in [2.24, 2.45) is 0 Å². The van der Waals surface area contributed by atoms with E-state index in [1.54, 1.807) is 16.2 Å². The molecule has 0 radical (unpaired) electrons. The van der Waals surface area contributed by atoms with E-state index in [0.717, 1.165) is 5.56 Å². The number of nitrogens with zero attached hydrogens (tertiary/aromatic N) is 1. The van der Waals surface area contributed by atoms with Crippen LogP contribution < -0.4 is 0 Å². The maximum absolute atomic E-state index is 12.1. The Kier molecular flexibility index (Phi) is 4.33. The largest absolute Gasteiger partial charge is 0.481 e. The van der Waals surface area contributed by atoms with Crippen LogP contribution in [0.3, 0.4) is 0 Å². The molecule has 2 rings (SSSR count). The summed E-state index contributed by atoms with van der Waals surface area (Å²) in [5.74, 6) is -0.929. The van der Waals surface area contributed by atoms with Crippen LogP contribution >= 0.6 is 11.3 Å². The van der Waals surface area contributed by atoms with Crippen LogP contribution in [0.2, 0.25) is 0 Å². The monoisotopic (exact) mass is 269 g/mol. The average Bonchev–Trinajstić information content (AvgIpc) is 2.81. The maximum atomic E-state index is 12.1. The molecule has 1 amide bonds. The zero-order valence-electron chi connectivity index (χ0n) is 9.87. The predicted molar refractivity (Wildman–Crippen MR) is 66.6 cm³/mol. The number of carbonyl (C=O) groups is 2. The van der Waals surface area contributed by atoms with Crippen molar-refractivity contribution in [1.82, 2.24) is 4.90 Å². The lowest BCUT2D eigenvalue weighted by Crippen LogP contribution is -2.50. The summed E-state index contributed by atoms with van der Waals surface area (Å²) in [6.45, 7) is 1.26. The molecule has 1 fully saturated rings. The molecule has 2 heterocycles. The van der Waals surface area contributed by atoms with Crippen LogP contribution in [0.4, 0.5) is 0 Å². The molecule has 1 atom stereocenters. The van der Waals surface area contributed by atoms with Gasteiger partial charge < -0.3 is 14.7 Å². The topological polar surface area (TPSA) is 66.8 Å². The van der Waals surface area contributed by atoms with Crippen molar-refractivity contribution in [3.8, 4) is 0 Å². The molecule has 5 nitrogen and oxygen atoms in total. The summed E-state index contributed by atoms with van der Waals surface area (Å²) in [5, 5.41) is 12.7. The quantitative estimate of drug-likeness (QED) is 0.885. The van der Waals surface area contributed by atoms with Gasteiger partial charge in [0.15, 0.2) is 0 Å². The van der Waals surface area contributed by atoms with E-state index in [0.29, 0.717) is 26.2 Å². The van der Waals surface area contributed by atoms with E-state index in [4.69, 9.17) is 9.84 Å². The van der Waals surface area contributed by atoms with Crippen LogP contribution in [0, 0.1) is 0 Å². The molecule has 0 aromatic carbocycles. The van der Waals surface area contributed by atoms with E-state index in [1.165, 1.54) is 0 Å². The highest BCUT2D eigenvalue weighted by atomic mass is 32.1. The molecule has 1 aliphatic heterocycles. The van der Waals surface area contributed by atoms with Gasteiger partial charge in [-0.2, -0.15) is 11.3 Å². The Morgan fingerprint density at radius 1 is 1.56 bits per heavy atom. The van der Waals surface area contributed by atoms with Gasteiger partial charge in [-0.3, -0.25) is 9.59 Å². The Bertz CT molecular complexity index is 418. The molecule has 1 saturated heterocycles. The Labute approximate surface area is 109 Å². The molecule has 98 valence electrons. The number of hydrogen-bond acceptors (Lipinski definition) is 4. The normalized spacial score (nSPS) is 19.8. The number of hydrogen-bond donors (Lipinski definition) is 1. The van der Waals surface area contributed by atoms with Crippen LogP contribution in [0.15, 0.2) is 16.8 Å². The average molecular weight is 269 g/mol. The van der Waals surface area contributed by atoms with Gasteiger partial charge in [0.25, 0.3) is 0 Å². The number of carbonyl (C=O) groups excluding carboxylic acids is 1. The number of aliphatic carboxylic acids is 1. The van der Waals surface area contributed by atoms with Crippen molar-refractivity contribution < 1.29 is 19.4 Å². The molecule has 1 aromatic heterocycles. The number of morpholine rings is 1. The summed E-state index contributed by atoms with van der Waals surface area (Å²) in [7, 11) is 0. The molecule has 1 unspecified atom stereocenters. The summed E-state index contributed by atoms with van der Waals surface area (Å²) < 4.78 is 5.24. The summed E-state index contributed by atoms with van der Waals surface area (Å²) in [6.07, 6.45) is 0.273. The minimum atomic E-state index is -0.904. The minimum Gasteiger partial charge on any atom is -0.481 e. The second-order valence-corrected chi connectivity index (χ2v) is 5.00. The molecule has 0 bridgehead atoms. The number of carboxylic acids is 1. The standard InChI is InChI=1S/C12H15NO4S/c14-11(5-9-1-4-18-8-9)13-2-3-17-7-10(13)6-12(15)16/h1,4,8,10H,2-3,5-7H2,(H,15,16). The summed E-state index contributed by atoms with van der Waals surface area (Å²) in [5.41, 5.74) is 0.977. The predicted octanol–water partition coefficient (Wildman–Crippen LogP) is 0.993. The van der Waals surface area contributed by atoms with E-state index in [-0.39, 0.29) is 18.4 Å².